The van der Waals surface area contributed by atoms with E-state index in [4.69, 9.17) is 4.74 Å². The van der Waals surface area contributed by atoms with Crippen LogP contribution in [-0.4, -0.2) is 44.4 Å². The predicted molar refractivity (Wildman–Crippen MR) is 112 cm³/mol. The molecule has 1 aromatic carbocycles. The van der Waals surface area contributed by atoms with Crippen molar-refractivity contribution in [3.05, 3.63) is 29.3 Å². The minimum absolute atomic E-state index is 0.0977. The first-order chi connectivity index (χ1) is 13.5. The number of hydrogen-bond acceptors (Lipinski definition) is 5. The number of carbonyl (C=O) groups excluding carboxylic acids is 1. The molecule has 1 amide bonds. The molecule has 1 heterocycles. The number of ether oxygens (including phenoxy) is 1. The predicted octanol–water partition coefficient (Wildman–Crippen LogP) is 4.32. The van der Waals surface area contributed by atoms with E-state index >= 15 is 0 Å². The Morgan fingerprint density at radius 3 is 2.45 bits per heavy atom. The Balaban J connectivity index is 1.74. The van der Waals surface area contributed by atoms with Gasteiger partial charge in [0, 0.05) is 19.3 Å². The molecule has 0 bridgehead atoms. The van der Waals surface area contributed by atoms with Crippen molar-refractivity contribution >= 4 is 15.9 Å². The molecule has 0 radical (unpaired) electrons. The van der Waals surface area contributed by atoms with Crippen molar-refractivity contribution in [3.8, 4) is 6.07 Å². The van der Waals surface area contributed by atoms with Gasteiger partial charge in [-0.15, -0.1) is 0 Å². The summed E-state index contributed by atoms with van der Waals surface area (Å²) in [6.07, 6.45) is 6.92. The number of amides is 1. The number of likely N-dealkylation sites (tertiary alicyclic amines) is 1. The van der Waals surface area contributed by atoms with Crippen molar-refractivity contribution in [2.75, 3.05) is 19.3 Å². The van der Waals surface area contributed by atoms with Crippen molar-refractivity contribution in [2.24, 2.45) is 5.92 Å². The van der Waals surface area contributed by atoms with E-state index in [1.807, 2.05) is 26.8 Å². The quantitative estimate of drug-likeness (QED) is 0.640. The highest BCUT2D eigenvalue weighted by Crippen LogP contribution is 2.25. The van der Waals surface area contributed by atoms with Gasteiger partial charge < -0.3 is 9.64 Å². The Morgan fingerprint density at radius 1 is 1.24 bits per heavy atom. The molecule has 1 aliphatic heterocycles. The Bertz CT molecular complexity index is 858. The van der Waals surface area contributed by atoms with Gasteiger partial charge in [0.15, 0.2) is 9.84 Å². The highest BCUT2D eigenvalue weighted by Gasteiger charge is 2.26. The van der Waals surface area contributed by atoms with E-state index in [2.05, 4.69) is 0 Å². The zero-order valence-electron chi connectivity index (χ0n) is 17.9. The van der Waals surface area contributed by atoms with Crippen LogP contribution in [0.25, 0.3) is 0 Å². The fraction of sp³-hybridized carbons (Fsp3) is 0.636. The second-order valence-corrected chi connectivity index (χ2v) is 10.9. The largest absolute Gasteiger partial charge is 0.444 e. The van der Waals surface area contributed by atoms with Crippen LogP contribution in [0.5, 0.6) is 0 Å². The average Bonchev–Trinajstić information content (AvgIpc) is 2.63. The lowest BCUT2D eigenvalue weighted by molar-refractivity contribution is 0.0180. The summed E-state index contributed by atoms with van der Waals surface area (Å²) in [5.74, 6) is 0.621. The van der Waals surface area contributed by atoms with Crippen LogP contribution in [-0.2, 0) is 21.0 Å². The third kappa shape index (κ3) is 7.36. The number of piperidine rings is 1. The van der Waals surface area contributed by atoms with Crippen molar-refractivity contribution in [2.45, 2.75) is 69.8 Å². The van der Waals surface area contributed by atoms with Crippen LogP contribution < -0.4 is 0 Å². The fourth-order valence-electron chi connectivity index (χ4n) is 3.64. The van der Waals surface area contributed by atoms with Gasteiger partial charge >= 0.3 is 6.09 Å². The Labute approximate surface area is 174 Å². The molecule has 0 aliphatic carbocycles. The molecule has 1 aromatic rings. The number of unbranched alkanes of at least 4 members (excludes halogenated alkanes) is 1. The summed E-state index contributed by atoms with van der Waals surface area (Å²) in [5.41, 5.74) is 0.756. The number of carbonyl (C=O) groups is 1. The number of benzene rings is 1. The van der Waals surface area contributed by atoms with E-state index in [0.29, 0.717) is 5.92 Å². The molecule has 0 atom stereocenters. The van der Waals surface area contributed by atoms with Gasteiger partial charge in [0.1, 0.15) is 11.7 Å². The monoisotopic (exact) mass is 420 g/mol. The van der Waals surface area contributed by atoms with E-state index in [9.17, 15) is 18.5 Å². The molecule has 0 aromatic heterocycles. The first-order valence-corrected chi connectivity index (χ1v) is 12.1. The van der Waals surface area contributed by atoms with E-state index in [1.165, 1.54) is 6.07 Å². The molecule has 160 valence electrons. The number of hydrogen-bond donors (Lipinski definition) is 0. The topological polar surface area (TPSA) is 87.5 Å². The first-order valence-electron chi connectivity index (χ1n) is 10.2. The van der Waals surface area contributed by atoms with Gasteiger partial charge in [0.2, 0.25) is 0 Å². The first kappa shape index (κ1) is 23.2. The van der Waals surface area contributed by atoms with Crippen LogP contribution in [0.15, 0.2) is 23.1 Å². The number of nitrogens with zero attached hydrogens (tertiary/aromatic N) is 2. The highest BCUT2D eigenvalue weighted by atomic mass is 32.2. The second kappa shape index (κ2) is 9.62. The van der Waals surface area contributed by atoms with Crippen LogP contribution in [0.4, 0.5) is 4.79 Å². The molecular weight excluding hydrogens is 388 g/mol. The standard InChI is InChI=1S/C22H32N2O4S/c1-22(2,3)28-21(25)24-13-11-17(12-14-24)7-5-6-8-18-9-10-20(29(4,26)27)19(15-18)16-23/h9-10,15,17H,5-8,11-14H2,1-4H3. The van der Waals surface area contributed by atoms with Crippen LogP contribution >= 0.6 is 0 Å². The molecule has 0 saturated carbocycles. The molecule has 1 fully saturated rings. The molecule has 6 nitrogen and oxygen atoms in total. The highest BCUT2D eigenvalue weighted by molar-refractivity contribution is 7.90. The van der Waals surface area contributed by atoms with Crippen LogP contribution in [0.2, 0.25) is 0 Å². The number of aryl methyl sites for hydroxylation is 1. The van der Waals surface area contributed by atoms with Gasteiger partial charge in [-0.3, -0.25) is 0 Å². The third-order valence-corrected chi connectivity index (χ3v) is 6.31. The average molecular weight is 421 g/mol. The van der Waals surface area contributed by atoms with Crippen LogP contribution in [0, 0.1) is 17.2 Å². The van der Waals surface area contributed by atoms with Gasteiger partial charge in [-0.1, -0.05) is 18.9 Å². The van der Waals surface area contributed by atoms with E-state index in [1.54, 1.807) is 17.0 Å². The van der Waals surface area contributed by atoms with Gasteiger partial charge in [-0.25, -0.2) is 13.2 Å². The lowest BCUT2D eigenvalue weighted by atomic mass is 9.91. The number of sulfone groups is 1. The summed E-state index contributed by atoms with van der Waals surface area (Å²) < 4.78 is 28.9. The van der Waals surface area contributed by atoms with Crippen molar-refractivity contribution < 1.29 is 17.9 Å². The minimum Gasteiger partial charge on any atom is -0.444 e. The summed E-state index contributed by atoms with van der Waals surface area (Å²) in [6, 6.07) is 7.02. The lowest BCUT2D eigenvalue weighted by Gasteiger charge is -2.33. The zero-order valence-corrected chi connectivity index (χ0v) is 18.7. The zero-order chi connectivity index (χ0) is 21.7. The Kier molecular flexibility index (Phi) is 7.70. The number of nitriles is 1. The third-order valence-electron chi connectivity index (χ3n) is 5.16. The van der Waals surface area contributed by atoms with E-state index in [-0.39, 0.29) is 16.6 Å². The maximum absolute atomic E-state index is 12.1. The number of rotatable bonds is 6. The molecule has 2 rings (SSSR count). The fourth-order valence-corrected chi connectivity index (χ4v) is 4.46. The van der Waals surface area contributed by atoms with E-state index in [0.717, 1.165) is 63.4 Å². The lowest BCUT2D eigenvalue weighted by Crippen LogP contribution is -2.41. The van der Waals surface area contributed by atoms with Crippen LogP contribution in [0.3, 0.4) is 0 Å². The minimum atomic E-state index is -3.38. The second-order valence-electron chi connectivity index (χ2n) is 8.87. The maximum Gasteiger partial charge on any atom is 0.410 e. The van der Waals surface area contributed by atoms with Gasteiger partial charge in [-0.2, -0.15) is 5.26 Å². The normalized spacial score (nSPS) is 15.8. The molecule has 7 heteroatoms. The summed E-state index contributed by atoms with van der Waals surface area (Å²) in [6.45, 7) is 7.14. The molecule has 0 unspecified atom stereocenters. The molecule has 1 aliphatic rings. The van der Waals surface area contributed by atoms with Crippen LogP contribution in [0.1, 0.15) is 64.0 Å². The van der Waals surface area contributed by atoms with Gasteiger partial charge in [0.25, 0.3) is 0 Å². The van der Waals surface area contributed by atoms with Crippen molar-refractivity contribution in [1.29, 1.82) is 5.26 Å². The van der Waals surface area contributed by atoms with E-state index < -0.39 is 15.4 Å². The Hall–Kier alpha value is -2.07. The summed E-state index contributed by atoms with van der Waals surface area (Å²) >= 11 is 0. The van der Waals surface area contributed by atoms with Crippen molar-refractivity contribution in [3.63, 3.8) is 0 Å². The summed E-state index contributed by atoms with van der Waals surface area (Å²) in [5, 5.41) is 9.22. The van der Waals surface area contributed by atoms with Crippen molar-refractivity contribution in [1.82, 2.24) is 4.90 Å². The molecule has 0 N–H and O–H groups in total. The smallest absolute Gasteiger partial charge is 0.410 e. The van der Waals surface area contributed by atoms with Gasteiger partial charge in [-0.05, 0) is 70.1 Å². The molecule has 1 saturated heterocycles. The molecule has 0 spiro atoms. The summed E-state index contributed by atoms with van der Waals surface area (Å²) in [4.78, 5) is 14.0. The summed E-state index contributed by atoms with van der Waals surface area (Å²) in [7, 11) is -3.38. The van der Waals surface area contributed by atoms with Gasteiger partial charge in [0.05, 0.1) is 10.5 Å². The molecule has 29 heavy (non-hydrogen) atoms. The Morgan fingerprint density at radius 2 is 1.90 bits per heavy atom. The SMILES string of the molecule is CC(C)(C)OC(=O)N1CCC(CCCCc2ccc(S(C)(=O)=O)c(C#N)c2)CC1. The maximum atomic E-state index is 12.1. The molecular formula is C22H32N2O4S.